The summed E-state index contributed by atoms with van der Waals surface area (Å²) in [6.07, 6.45) is 2.25. The highest BCUT2D eigenvalue weighted by molar-refractivity contribution is 5.26. The zero-order valence-electron chi connectivity index (χ0n) is 8.57. The molecular weight excluding hydrogens is 210 g/mol. The Kier molecular flexibility index (Phi) is 3570. The molecule has 0 heterocycles. The maximum absolute atomic E-state index is 8.35. The van der Waals surface area contributed by atoms with E-state index < -0.39 is 0 Å². The highest BCUT2D eigenvalue weighted by Crippen LogP contribution is 0.874. The van der Waals surface area contributed by atoms with Crippen LogP contribution in [0.15, 0.2) is 0 Å². The molecule has 90 valence electrons. The van der Waals surface area contributed by atoms with Crippen LogP contribution in [0, 0.1) is 16.2 Å². The fourth-order valence-electron chi connectivity index (χ4n) is 0. The summed E-state index contributed by atoms with van der Waals surface area (Å²) in [5.74, 6) is 0. The van der Waals surface area contributed by atoms with Gasteiger partial charge < -0.3 is 15.3 Å². The molecule has 0 saturated heterocycles. The molecule has 9 heteroatoms. The van der Waals surface area contributed by atoms with Crippen molar-refractivity contribution in [3.05, 3.63) is 0 Å². The van der Waals surface area contributed by atoms with Gasteiger partial charge in [-0.25, -0.2) is 30.6 Å². The second-order valence-electron chi connectivity index (χ2n) is 0.306. The Morgan fingerprint density at radius 2 is 0.600 bits per heavy atom. The van der Waals surface area contributed by atoms with E-state index in [1.807, 2.05) is 0 Å². The first-order valence-corrected chi connectivity index (χ1v) is 2.70. The molecule has 0 atom stereocenters. The number of aliphatic hydroxyl groups is 3. The van der Waals surface area contributed by atoms with Crippen LogP contribution in [0.25, 0.3) is 0 Å². The van der Waals surface area contributed by atoms with Crippen LogP contribution < -0.4 is 0 Å². The molecule has 0 aromatic heterocycles. The third-order valence-corrected chi connectivity index (χ3v) is 0. The fraction of sp³-hybridized carbons (Fsp3) is 0.500. The van der Waals surface area contributed by atoms with E-state index in [4.69, 9.17) is 45.9 Å². The van der Waals surface area contributed by atoms with Gasteiger partial charge in [-0.15, -0.1) is 0 Å². The molecule has 0 rings (SSSR count). The topological polar surface area (TPSA) is 183 Å². The zero-order valence-corrected chi connectivity index (χ0v) is 8.57. The minimum atomic E-state index is 0.750. The molecule has 0 unspecified atom stereocenters. The van der Waals surface area contributed by atoms with Crippen LogP contribution in [0.4, 0.5) is 0 Å². The van der Waals surface area contributed by atoms with Crippen molar-refractivity contribution in [1.29, 1.82) is 16.2 Å². The molecule has 0 aliphatic rings. The lowest BCUT2D eigenvalue weighted by atomic mass is 11.7. The summed E-state index contributed by atoms with van der Waals surface area (Å²) in [4.78, 5) is 25.0. The molecular formula is C6H15N3O6. The van der Waals surface area contributed by atoms with Crippen LogP contribution in [0.5, 0.6) is 0 Å². The van der Waals surface area contributed by atoms with E-state index in [0.717, 1.165) is 39.6 Å². The van der Waals surface area contributed by atoms with E-state index in [2.05, 4.69) is 0 Å². The molecule has 0 bridgehead atoms. The number of aliphatic hydroxyl groups excluding tert-OH is 3. The van der Waals surface area contributed by atoms with Gasteiger partial charge in [-0.05, 0) is 0 Å². The van der Waals surface area contributed by atoms with Crippen LogP contribution in [0.3, 0.4) is 0 Å². The Morgan fingerprint density at radius 3 is 0.600 bits per heavy atom. The lowest BCUT2D eigenvalue weighted by Gasteiger charge is -1.21. The van der Waals surface area contributed by atoms with Crippen LogP contribution >= 0.6 is 0 Å². The normalized spacial score (nSPS) is 2.80. The first-order valence-electron chi connectivity index (χ1n) is 2.70. The summed E-state index contributed by atoms with van der Waals surface area (Å²) in [6, 6.07) is 0. The molecule has 0 amide bonds. The van der Waals surface area contributed by atoms with Crippen molar-refractivity contribution in [2.45, 2.75) is 0 Å². The molecule has 0 aliphatic heterocycles. The van der Waals surface area contributed by atoms with Gasteiger partial charge in [0.2, 0.25) is 18.2 Å². The molecule has 0 aliphatic carbocycles. The largest absolute Gasteiger partial charge is 0.400 e. The predicted molar refractivity (Wildman–Crippen MR) is 49.7 cm³/mol. The smallest absolute Gasteiger partial charge is 0.231 e. The second-order valence-corrected chi connectivity index (χ2v) is 0.306. The van der Waals surface area contributed by atoms with Gasteiger partial charge in [0.15, 0.2) is 0 Å². The summed E-state index contributed by atoms with van der Waals surface area (Å²) in [7, 11) is 3.00. The predicted octanol–water partition coefficient (Wildman–Crippen LogP) is -1.47. The van der Waals surface area contributed by atoms with E-state index in [9.17, 15) is 0 Å². The highest BCUT2D eigenvalue weighted by atomic mass is 16.2. The summed E-state index contributed by atoms with van der Waals surface area (Å²) in [5.41, 5.74) is 0. The Morgan fingerprint density at radius 1 is 0.600 bits per heavy atom. The maximum Gasteiger partial charge on any atom is 0.231 e. The van der Waals surface area contributed by atoms with Crippen molar-refractivity contribution in [2.24, 2.45) is 0 Å². The highest BCUT2D eigenvalue weighted by Gasteiger charge is 1.04. The molecule has 0 radical (unpaired) electrons. The Hall–Kier alpha value is -1.98. The van der Waals surface area contributed by atoms with Crippen molar-refractivity contribution < 1.29 is 29.7 Å². The number of hydrogen-bond acceptors (Lipinski definition) is 9. The van der Waals surface area contributed by atoms with Crippen molar-refractivity contribution in [2.75, 3.05) is 21.3 Å². The molecule has 0 spiro atoms. The van der Waals surface area contributed by atoms with Crippen LogP contribution in [0.2, 0.25) is 0 Å². The molecule has 0 fully saturated rings. The van der Waals surface area contributed by atoms with Gasteiger partial charge in [0.25, 0.3) is 0 Å². The SMILES string of the molecule is CO.CO.CO.N=C=O.N=C=O.N=C=O. The quantitative estimate of drug-likeness (QED) is 0.216. The minimum Gasteiger partial charge on any atom is -0.400 e. The van der Waals surface area contributed by atoms with E-state index in [1.165, 1.54) is 0 Å². The van der Waals surface area contributed by atoms with Crippen LogP contribution in [0.1, 0.15) is 0 Å². The summed E-state index contributed by atoms with van der Waals surface area (Å²) < 4.78 is 0. The standard InChI is InChI=1S/3CHNO.3CH4O/c3*2-1-3;3*1-2/h3*2H;3*2H,1H3. The molecule has 0 aromatic rings. The van der Waals surface area contributed by atoms with Crippen molar-refractivity contribution in [3.8, 4) is 0 Å². The van der Waals surface area contributed by atoms with E-state index in [0.29, 0.717) is 0 Å². The van der Waals surface area contributed by atoms with Crippen molar-refractivity contribution >= 4 is 18.2 Å². The summed E-state index contributed by atoms with van der Waals surface area (Å²) >= 11 is 0. The Labute approximate surface area is 86.5 Å². The van der Waals surface area contributed by atoms with Gasteiger partial charge in [0, 0.05) is 21.3 Å². The number of nitrogens with one attached hydrogen (secondary N) is 3. The monoisotopic (exact) mass is 225 g/mol. The number of hydrogen-bond donors (Lipinski definition) is 6. The summed E-state index contributed by atoms with van der Waals surface area (Å²) in [5, 5.41) is 37.2. The van der Waals surface area contributed by atoms with E-state index in [-0.39, 0.29) is 0 Å². The Bertz CT molecular complexity index is 114. The van der Waals surface area contributed by atoms with Gasteiger partial charge in [-0.1, -0.05) is 0 Å². The van der Waals surface area contributed by atoms with Gasteiger partial charge in [0.1, 0.15) is 0 Å². The third-order valence-electron chi connectivity index (χ3n) is 0. The zero-order chi connectivity index (χ0) is 14.1. The summed E-state index contributed by atoms with van der Waals surface area (Å²) in [6.45, 7) is 0. The molecule has 0 saturated carbocycles. The van der Waals surface area contributed by atoms with Crippen molar-refractivity contribution in [3.63, 3.8) is 0 Å². The number of rotatable bonds is 0. The third kappa shape index (κ3) is 308. The first kappa shape index (κ1) is 38.2. The van der Waals surface area contributed by atoms with Crippen molar-refractivity contribution in [1.82, 2.24) is 0 Å². The second kappa shape index (κ2) is 1400. The molecule has 0 aromatic carbocycles. The van der Waals surface area contributed by atoms with Crippen LogP contribution in [-0.2, 0) is 14.4 Å². The first-order chi connectivity index (χ1) is 7.24. The van der Waals surface area contributed by atoms with E-state index in [1.54, 1.807) is 0 Å². The fourth-order valence-corrected chi connectivity index (χ4v) is 0. The average molecular weight is 225 g/mol. The lowest BCUT2D eigenvalue weighted by Crippen LogP contribution is -1.25. The maximum atomic E-state index is 8.35. The van der Waals surface area contributed by atoms with E-state index >= 15 is 0 Å². The minimum absolute atomic E-state index is 0.750. The van der Waals surface area contributed by atoms with Gasteiger partial charge in [-0.3, -0.25) is 0 Å². The van der Waals surface area contributed by atoms with Gasteiger partial charge in [0.05, 0.1) is 0 Å². The molecule has 6 N–H and O–H groups in total. The molecule has 9 nitrogen and oxygen atoms in total. The lowest BCUT2D eigenvalue weighted by molar-refractivity contribution is 0.399. The number of carbonyl (C=O) groups excluding carboxylic acids is 3. The van der Waals surface area contributed by atoms with Crippen LogP contribution in [-0.4, -0.2) is 54.9 Å². The number of isocyanates is 3. The van der Waals surface area contributed by atoms with Gasteiger partial charge >= 0.3 is 0 Å². The molecule has 15 heavy (non-hydrogen) atoms. The Balaban J connectivity index is -0.0000000164. The average Bonchev–Trinajstić information content (AvgIpc) is 2.29. The van der Waals surface area contributed by atoms with Gasteiger partial charge in [-0.2, -0.15) is 0 Å².